The van der Waals surface area contributed by atoms with Gasteiger partial charge in [0.1, 0.15) is 30.8 Å². The van der Waals surface area contributed by atoms with Crippen molar-refractivity contribution in [1.29, 1.82) is 0 Å². The van der Waals surface area contributed by atoms with Gasteiger partial charge in [0.05, 0.1) is 12.1 Å². The van der Waals surface area contributed by atoms with Gasteiger partial charge in [-0.15, -0.1) is 0 Å². The number of likely N-dealkylation sites (N-methyl/N-ethyl adjacent to an activating group) is 2. The van der Waals surface area contributed by atoms with Crippen molar-refractivity contribution < 1.29 is 52.6 Å². The Bertz CT molecular complexity index is 1940. The Hall–Kier alpha value is -6.05. The molecule has 0 bridgehead atoms. The fourth-order valence-corrected chi connectivity index (χ4v) is 8.32. The molecule has 0 saturated heterocycles. The smallest absolute Gasteiger partial charge is 0.410 e. The zero-order chi connectivity index (χ0) is 52.8. The highest BCUT2D eigenvalue weighted by Crippen LogP contribution is 2.24. The predicted molar refractivity (Wildman–Crippen MR) is 265 cm³/mol. The second-order valence-corrected chi connectivity index (χ2v) is 19.0. The van der Waals surface area contributed by atoms with Gasteiger partial charge in [0.2, 0.25) is 29.5 Å². The molecule has 0 unspecified atom stereocenters. The van der Waals surface area contributed by atoms with E-state index < -0.39 is 54.0 Å². The Morgan fingerprint density at radius 1 is 0.714 bits per heavy atom. The number of hydrogen-bond donors (Lipinski definition) is 6. The molecular formula is C50H81N9O11. The number of ether oxygens (including phenoxy) is 2. The maximum atomic E-state index is 14.0. The molecule has 1 aliphatic rings. The fourth-order valence-electron chi connectivity index (χ4n) is 8.32. The maximum Gasteiger partial charge on any atom is 0.410 e. The van der Waals surface area contributed by atoms with Gasteiger partial charge in [-0.3, -0.25) is 43.4 Å². The molecule has 1 aromatic rings. The minimum Gasteiger partial charge on any atom is -0.445 e. The number of hydrogen-bond acceptors (Lipinski definition) is 11. The molecule has 1 aromatic carbocycles. The second kappa shape index (κ2) is 29.9. The van der Waals surface area contributed by atoms with E-state index in [0.717, 1.165) is 11.3 Å². The molecule has 2 rings (SSSR count). The van der Waals surface area contributed by atoms with Gasteiger partial charge in [-0.05, 0) is 73.5 Å². The number of primary amides is 1. The number of rotatable bonds is 30. The SMILES string of the molecule is CC[C@H](C)[C@@H]([C@@H](CC)OC)N(C)C(=O)[C@@H](NC(=O)[C@H](C(C)C)N(C)C(=O)OCc1ccc(NC(=O)[C@H](CCCNC(N)=O)NC(=O)[C@@H](NC(=O)CCCCCN2C(=O)C=CC2=O)C(C)C)cc1)C(C)C. The minimum absolute atomic E-state index is 0.107. The fraction of sp³-hybridized carbons (Fsp3) is 0.660. The van der Waals surface area contributed by atoms with Gasteiger partial charge < -0.3 is 46.7 Å². The van der Waals surface area contributed by atoms with E-state index in [0.29, 0.717) is 36.9 Å². The first kappa shape index (κ1) is 60.1. The van der Waals surface area contributed by atoms with E-state index in [-0.39, 0.29) is 98.4 Å². The molecule has 0 aromatic heterocycles. The highest BCUT2D eigenvalue weighted by molar-refractivity contribution is 6.12. The van der Waals surface area contributed by atoms with Crippen LogP contribution in [-0.4, -0.2) is 139 Å². The number of amides is 10. The van der Waals surface area contributed by atoms with E-state index in [9.17, 15) is 43.2 Å². The Labute approximate surface area is 414 Å². The van der Waals surface area contributed by atoms with Crippen LogP contribution in [-0.2, 0) is 49.6 Å². The van der Waals surface area contributed by atoms with E-state index in [4.69, 9.17) is 15.2 Å². The summed E-state index contributed by atoms with van der Waals surface area (Å²) in [5, 5.41) is 13.7. The van der Waals surface area contributed by atoms with Gasteiger partial charge in [0, 0.05) is 58.6 Å². The van der Waals surface area contributed by atoms with Crippen molar-refractivity contribution in [3.8, 4) is 0 Å². The molecule has 0 spiro atoms. The number of benzene rings is 1. The number of methoxy groups -OCH3 is 1. The Kier molecular flexibility index (Phi) is 25.6. The van der Waals surface area contributed by atoms with Crippen LogP contribution >= 0.6 is 0 Å². The number of nitrogens with one attached hydrogen (secondary N) is 5. The van der Waals surface area contributed by atoms with Crippen LogP contribution in [0.1, 0.15) is 119 Å². The largest absolute Gasteiger partial charge is 0.445 e. The van der Waals surface area contributed by atoms with Crippen LogP contribution in [0.3, 0.4) is 0 Å². The molecule has 392 valence electrons. The standard InChI is InChI=1S/C50H81N9O11/c1-13-33(9)44(37(14-2)69-12)57(10)48(66)42(31(5)6)56-47(65)43(32(7)8)58(11)50(68)70-29-34-21-23-35(24-22-34)53-45(63)36(19-18-27-52-49(51)67)54-46(64)41(30(3)4)55-38(60)20-16-15-17-28-59-39(61)25-26-40(59)62/h21-26,30-33,36-37,41-44H,13-20,27-29H2,1-12H3,(H,53,63)(H,54,64)(H,55,60)(H,56,65)(H3,51,52,67)/t33-,36-,37+,41-,42-,43-,44-/m0/s1. The van der Waals surface area contributed by atoms with E-state index in [1.807, 2.05) is 20.8 Å². The van der Waals surface area contributed by atoms with Crippen LogP contribution < -0.4 is 32.3 Å². The van der Waals surface area contributed by atoms with E-state index in [1.165, 1.54) is 24.1 Å². The number of carbonyl (C=O) groups excluding carboxylic acids is 9. The minimum atomic E-state index is -1.08. The first-order chi connectivity index (χ1) is 33.0. The lowest BCUT2D eigenvalue weighted by atomic mass is 9.90. The summed E-state index contributed by atoms with van der Waals surface area (Å²) in [6, 6.07) is 1.65. The molecule has 1 aliphatic heterocycles. The molecule has 0 aliphatic carbocycles. The number of unbranched alkanes of at least 4 members (excludes halogenated alkanes) is 2. The summed E-state index contributed by atoms with van der Waals surface area (Å²) in [5.74, 6) is -3.79. The maximum absolute atomic E-state index is 14.0. The summed E-state index contributed by atoms with van der Waals surface area (Å²) in [6.45, 7) is 17.2. The number of carbonyl (C=O) groups is 9. The Morgan fingerprint density at radius 2 is 1.33 bits per heavy atom. The third kappa shape index (κ3) is 18.7. The van der Waals surface area contributed by atoms with Crippen molar-refractivity contribution in [3.05, 3.63) is 42.0 Å². The number of urea groups is 1. The molecule has 0 saturated carbocycles. The predicted octanol–water partition coefficient (Wildman–Crippen LogP) is 4.22. The van der Waals surface area contributed by atoms with Crippen molar-refractivity contribution in [1.82, 2.24) is 36.0 Å². The molecule has 0 radical (unpaired) electrons. The highest BCUT2D eigenvalue weighted by Gasteiger charge is 2.39. The number of nitrogens with zero attached hydrogens (tertiary/aromatic N) is 3. The van der Waals surface area contributed by atoms with Crippen LogP contribution in [0.2, 0.25) is 0 Å². The number of nitrogens with two attached hydrogens (primary N) is 1. The van der Waals surface area contributed by atoms with Gasteiger partial charge >= 0.3 is 12.1 Å². The third-order valence-electron chi connectivity index (χ3n) is 12.6. The number of imide groups is 1. The normalized spacial score (nSPS) is 15.4. The summed E-state index contributed by atoms with van der Waals surface area (Å²) < 4.78 is 11.4. The van der Waals surface area contributed by atoms with Gasteiger partial charge in [0.25, 0.3) is 11.8 Å². The monoisotopic (exact) mass is 984 g/mol. The molecule has 70 heavy (non-hydrogen) atoms. The average Bonchev–Trinajstić information content (AvgIpc) is 3.63. The summed E-state index contributed by atoms with van der Waals surface area (Å²) >= 11 is 0. The van der Waals surface area contributed by atoms with Crippen molar-refractivity contribution in [2.24, 2.45) is 29.4 Å². The molecule has 20 nitrogen and oxygen atoms in total. The van der Waals surface area contributed by atoms with E-state index in [2.05, 4.69) is 40.4 Å². The molecule has 0 fully saturated rings. The zero-order valence-electron chi connectivity index (χ0n) is 43.4. The third-order valence-corrected chi connectivity index (χ3v) is 12.6. The van der Waals surface area contributed by atoms with E-state index >= 15 is 0 Å². The van der Waals surface area contributed by atoms with Crippen molar-refractivity contribution >= 4 is 59.2 Å². The Balaban J connectivity index is 2.08. The highest BCUT2D eigenvalue weighted by atomic mass is 16.6. The lowest BCUT2D eigenvalue weighted by molar-refractivity contribution is -0.143. The second-order valence-electron chi connectivity index (χ2n) is 19.0. The first-order valence-corrected chi connectivity index (χ1v) is 24.5. The van der Waals surface area contributed by atoms with Crippen LogP contribution in [0.15, 0.2) is 36.4 Å². The summed E-state index contributed by atoms with van der Waals surface area (Å²) in [4.78, 5) is 120. The molecule has 7 atom stereocenters. The number of anilines is 1. The summed E-state index contributed by atoms with van der Waals surface area (Å²) in [5.41, 5.74) is 6.15. The zero-order valence-corrected chi connectivity index (χ0v) is 43.4. The first-order valence-electron chi connectivity index (χ1n) is 24.5. The van der Waals surface area contributed by atoms with Crippen molar-refractivity contribution in [3.63, 3.8) is 0 Å². The van der Waals surface area contributed by atoms with Crippen molar-refractivity contribution in [2.75, 3.05) is 39.6 Å². The van der Waals surface area contributed by atoms with Crippen LogP contribution in [0.5, 0.6) is 0 Å². The van der Waals surface area contributed by atoms with Gasteiger partial charge in [-0.25, -0.2) is 9.59 Å². The lowest BCUT2D eigenvalue weighted by Crippen LogP contribution is -2.60. The molecule has 20 heteroatoms. The van der Waals surface area contributed by atoms with Crippen LogP contribution in [0, 0.1) is 23.7 Å². The quantitative estimate of drug-likeness (QED) is 0.0470. The molecule has 1 heterocycles. The summed E-state index contributed by atoms with van der Waals surface area (Å²) in [6.07, 6.45) is 5.09. The molecule has 7 N–H and O–H groups in total. The Morgan fingerprint density at radius 3 is 1.86 bits per heavy atom. The lowest BCUT2D eigenvalue weighted by Gasteiger charge is -2.40. The van der Waals surface area contributed by atoms with Crippen molar-refractivity contribution in [2.45, 2.75) is 157 Å². The van der Waals surface area contributed by atoms with Gasteiger partial charge in [0.15, 0.2) is 0 Å². The molecule has 10 amide bonds. The topological polar surface area (TPSA) is 268 Å². The van der Waals surface area contributed by atoms with Crippen LogP contribution in [0.4, 0.5) is 15.3 Å². The van der Waals surface area contributed by atoms with Gasteiger partial charge in [-0.2, -0.15) is 0 Å². The molecular weight excluding hydrogens is 903 g/mol. The van der Waals surface area contributed by atoms with E-state index in [1.54, 1.807) is 71.0 Å². The van der Waals surface area contributed by atoms with Gasteiger partial charge in [-0.1, -0.05) is 87.3 Å². The summed E-state index contributed by atoms with van der Waals surface area (Å²) in [7, 11) is 4.85. The van der Waals surface area contributed by atoms with Crippen LogP contribution in [0.25, 0.3) is 0 Å². The average molecular weight is 984 g/mol.